The van der Waals surface area contributed by atoms with E-state index in [1.165, 1.54) is 31.8 Å². The van der Waals surface area contributed by atoms with Crippen LogP contribution < -0.4 is 0 Å². The summed E-state index contributed by atoms with van der Waals surface area (Å²) in [7, 11) is 0. The molecule has 0 saturated carbocycles. The molecule has 0 spiro atoms. The minimum absolute atomic E-state index is 0.245. The Labute approximate surface area is 109 Å². The van der Waals surface area contributed by atoms with Crippen molar-refractivity contribution in [1.29, 1.82) is 5.26 Å². The predicted octanol–water partition coefficient (Wildman–Crippen LogP) is 3.99. The van der Waals surface area contributed by atoms with E-state index in [2.05, 4.69) is 13.0 Å². The highest BCUT2D eigenvalue weighted by Crippen LogP contribution is 2.05. The van der Waals surface area contributed by atoms with Crippen LogP contribution >= 0.6 is 0 Å². The van der Waals surface area contributed by atoms with Crippen LogP contribution in [-0.4, -0.2) is 11.1 Å². The van der Waals surface area contributed by atoms with E-state index >= 15 is 0 Å². The molecule has 0 aliphatic carbocycles. The number of carbonyl (C=O) groups is 1. The van der Waals surface area contributed by atoms with E-state index in [0.717, 1.165) is 12.0 Å². The van der Waals surface area contributed by atoms with Gasteiger partial charge < -0.3 is 5.11 Å². The number of hydrogen-bond acceptors (Lipinski definition) is 2. The predicted molar refractivity (Wildman–Crippen MR) is 73.0 cm³/mol. The minimum atomic E-state index is -1.19. The van der Waals surface area contributed by atoms with Crippen LogP contribution in [0.25, 0.3) is 0 Å². The first-order valence-corrected chi connectivity index (χ1v) is 6.30. The fourth-order valence-electron chi connectivity index (χ4n) is 1.38. The van der Waals surface area contributed by atoms with Gasteiger partial charge >= 0.3 is 5.97 Å². The Hall–Kier alpha value is -1.82. The van der Waals surface area contributed by atoms with E-state index in [0.29, 0.717) is 0 Å². The van der Waals surface area contributed by atoms with Crippen molar-refractivity contribution in [3.63, 3.8) is 0 Å². The Morgan fingerprint density at radius 2 is 2.00 bits per heavy atom. The molecular formula is C15H21NO2. The quantitative estimate of drug-likeness (QED) is 0.305. The minimum Gasteiger partial charge on any atom is -0.477 e. The smallest absolute Gasteiger partial charge is 0.346 e. The number of aliphatic carboxylic acids is 1. The third-order valence-electron chi connectivity index (χ3n) is 2.47. The molecule has 98 valence electrons. The van der Waals surface area contributed by atoms with Gasteiger partial charge in [0.05, 0.1) is 0 Å². The highest BCUT2D eigenvalue weighted by atomic mass is 16.4. The summed E-state index contributed by atoms with van der Waals surface area (Å²) in [5.41, 5.74) is 0.699. The Bertz CT molecular complexity index is 384. The van der Waals surface area contributed by atoms with Crippen LogP contribution in [0.4, 0.5) is 0 Å². The second-order valence-corrected chi connectivity index (χ2v) is 4.16. The zero-order chi connectivity index (χ0) is 13.8. The number of unbranched alkanes of at least 4 members (excludes halogenated alkanes) is 4. The fraction of sp³-hybridized carbons (Fsp3) is 0.467. The van der Waals surface area contributed by atoms with Gasteiger partial charge in [-0.15, -0.1) is 0 Å². The number of allylic oxidation sites excluding steroid dienone is 5. The number of carboxylic acids is 1. The maximum Gasteiger partial charge on any atom is 0.346 e. The molecule has 0 fully saturated rings. The third kappa shape index (κ3) is 8.35. The molecule has 18 heavy (non-hydrogen) atoms. The van der Waals surface area contributed by atoms with Gasteiger partial charge in [0.25, 0.3) is 0 Å². The van der Waals surface area contributed by atoms with Crippen molar-refractivity contribution in [2.24, 2.45) is 0 Å². The van der Waals surface area contributed by atoms with Crippen molar-refractivity contribution >= 4 is 5.97 Å². The summed E-state index contributed by atoms with van der Waals surface area (Å²) in [5.74, 6) is -1.19. The lowest BCUT2D eigenvalue weighted by atomic mass is 10.1. The van der Waals surface area contributed by atoms with E-state index in [1.807, 2.05) is 13.0 Å². The average molecular weight is 247 g/mol. The van der Waals surface area contributed by atoms with Crippen LogP contribution in [-0.2, 0) is 4.79 Å². The molecule has 0 atom stereocenters. The molecule has 0 rings (SSSR count). The van der Waals surface area contributed by atoms with Crippen molar-refractivity contribution in [1.82, 2.24) is 0 Å². The lowest BCUT2D eigenvalue weighted by Crippen LogP contribution is -1.96. The molecule has 0 aliphatic heterocycles. The van der Waals surface area contributed by atoms with Gasteiger partial charge in [-0.2, -0.15) is 5.26 Å². The zero-order valence-electron chi connectivity index (χ0n) is 11.1. The molecule has 0 unspecified atom stereocenters. The van der Waals surface area contributed by atoms with Crippen molar-refractivity contribution in [3.8, 4) is 6.07 Å². The van der Waals surface area contributed by atoms with E-state index in [-0.39, 0.29) is 5.57 Å². The molecule has 0 amide bonds. The molecular weight excluding hydrogens is 226 g/mol. The average Bonchev–Trinajstić information content (AvgIpc) is 2.34. The second kappa shape index (κ2) is 10.3. The Kier molecular flexibility index (Phi) is 9.30. The highest BCUT2D eigenvalue weighted by Gasteiger charge is 2.02. The Morgan fingerprint density at radius 1 is 1.28 bits per heavy atom. The van der Waals surface area contributed by atoms with E-state index in [1.54, 1.807) is 12.1 Å². The van der Waals surface area contributed by atoms with Gasteiger partial charge in [-0.25, -0.2) is 4.79 Å². The van der Waals surface area contributed by atoms with Crippen LogP contribution in [0, 0.1) is 11.3 Å². The van der Waals surface area contributed by atoms with Crippen molar-refractivity contribution in [2.45, 2.75) is 46.0 Å². The molecule has 0 saturated heterocycles. The molecule has 0 aromatic heterocycles. The van der Waals surface area contributed by atoms with Crippen LogP contribution in [0.3, 0.4) is 0 Å². The number of nitriles is 1. The molecule has 0 aliphatic rings. The van der Waals surface area contributed by atoms with Crippen LogP contribution in [0.15, 0.2) is 35.5 Å². The van der Waals surface area contributed by atoms with Gasteiger partial charge in [0, 0.05) is 0 Å². The lowest BCUT2D eigenvalue weighted by Gasteiger charge is -1.94. The Balaban J connectivity index is 4.16. The maximum atomic E-state index is 10.6. The monoisotopic (exact) mass is 247 g/mol. The van der Waals surface area contributed by atoms with Crippen LogP contribution in [0.5, 0.6) is 0 Å². The highest BCUT2D eigenvalue weighted by molar-refractivity contribution is 5.91. The summed E-state index contributed by atoms with van der Waals surface area (Å²) in [6.45, 7) is 4.07. The van der Waals surface area contributed by atoms with Gasteiger partial charge in [0.2, 0.25) is 0 Å². The first-order valence-electron chi connectivity index (χ1n) is 6.30. The summed E-state index contributed by atoms with van der Waals surface area (Å²) in [6, 6.07) is 1.64. The van der Waals surface area contributed by atoms with E-state index < -0.39 is 5.97 Å². The number of carboxylic acid groups (broad SMARTS) is 1. The molecule has 0 heterocycles. The molecule has 0 aromatic carbocycles. The van der Waals surface area contributed by atoms with Gasteiger partial charge in [0.15, 0.2) is 0 Å². The van der Waals surface area contributed by atoms with Crippen molar-refractivity contribution < 1.29 is 9.90 Å². The first-order chi connectivity index (χ1) is 8.61. The lowest BCUT2D eigenvalue weighted by molar-refractivity contribution is -0.132. The van der Waals surface area contributed by atoms with E-state index in [4.69, 9.17) is 10.4 Å². The molecule has 0 bridgehead atoms. The topological polar surface area (TPSA) is 61.1 Å². The SMILES string of the molecule is CCCCCC/C=C/C(C)=C/C=C(\C#N)C(=O)O. The first kappa shape index (κ1) is 16.2. The van der Waals surface area contributed by atoms with Crippen LogP contribution in [0.1, 0.15) is 46.0 Å². The molecule has 1 N–H and O–H groups in total. The summed E-state index contributed by atoms with van der Waals surface area (Å²) >= 11 is 0. The normalized spacial score (nSPS) is 12.7. The van der Waals surface area contributed by atoms with Gasteiger partial charge in [0.1, 0.15) is 11.6 Å². The van der Waals surface area contributed by atoms with Crippen LogP contribution in [0.2, 0.25) is 0 Å². The molecule has 0 radical (unpaired) electrons. The summed E-state index contributed by atoms with van der Waals surface area (Å²) in [5, 5.41) is 17.2. The zero-order valence-corrected chi connectivity index (χ0v) is 11.1. The molecule has 3 nitrogen and oxygen atoms in total. The fourth-order valence-corrected chi connectivity index (χ4v) is 1.38. The van der Waals surface area contributed by atoms with Gasteiger partial charge in [-0.05, 0) is 25.8 Å². The number of rotatable bonds is 8. The van der Waals surface area contributed by atoms with Gasteiger partial charge in [-0.1, -0.05) is 50.0 Å². The molecule has 3 heteroatoms. The van der Waals surface area contributed by atoms with Crippen molar-refractivity contribution in [3.05, 3.63) is 35.5 Å². The van der Waals surface area contributed by atoms with Gasteiger partial charge in [-0.3, -0.25) is 0 Å². The second-order valence-electron chi connectivity index (χ2n) is 4.16. The number of nitrogens with zero attached hydrogens (tertiary/aromatic N) is 1. The number of hydrogen-bond donors (Lipinski definition) is 1. The maximum absolute atomic E-state index is 10.6. The third-order valence-corrected chi connectivity index (χ3v) is 2.47. The summed E-state index contributed by atoms with van der Waals surface area (Å²) in [4.78, 5) is 10.6. The summed E-state index contributed by atoms with van der Waals surface area (Å²) < 4.78 is 0. The summed E-state index contributed by atoms with van der Waals surface area (Å²) in [6.07, 6.45) is 13.0. The standard InChI is InChI=1S/C15H21NO2/c1-3-4-5-6-7-8-9-13(2)10-11-14(12-16)15(17)18/h8-11H,3-7H2,1-2H3,(H,17,18)/b9-8+,13-10+,14-11+. The van der Waals surface area contributed by atoms with Crippen molar-refractivity contribution in [2.75, 3.05) is 0 Å². The molecule has 0 aromatic rings. The Morgan fingerprint density at radius 3 is 2.56 bits per heavy atom. The largest absolute Gasteiger partial charge is 0.477 e. The van der Waals surface area contributed by atoms with E-state index in [9.17, 15) is 4.79 Å².